The Bertz CT molecular complexity index is 518. The van der Waals surface area contributed by atoms with E-state index in [2.05, 4.69) is 59.7 Å². The van der Waals surface area contributed by atoms with Crippen LogP contribution in [-0.4, -0.2) is 34.8 Å². The zero-order valence-electron chi connectivity index (χ0n) is 11.9. The SMILES string of the molecule is Cc1ccccc1NCCN(C)Cc1cnn(C)c1. The molecule has 0 unspecified atom stereocenters. The van der Waals surface area contributed by atoms with Crippen LogP contribution >= 0.6 is 0 Å². The lowest BCUT2D eigenvalue weighted by molar-refractivity contribution is 0.340. The Hall–Kier alpha value is -1.81. The van der Waals surface area contributed by atoms with Gasteiger partial charge in [-0.15, -0.1) is 0 Å². The molecule has 0 aliphatic heterocycles. The van der Waals surface area contributed by atoms with E-state index in [1.165, 1.54) is 16.8 Å². The first-order valence-corrected chi connectivity index (χ1v) is 6.61. The molecule has 0 fully saturated rings. The standard InChI is InChI=1S/C15H22N4/c1-13-6-4-5-7-15(13)16-8-9-18(2)11-14-10-17-19(3)12-14/h4-7,10,12,16H,8-9,11H2,1-3H3. The molecule has 0 aliphatic carbocycles. The minimum atomic E-state index is 0.934. The van der Waals surface area contributed by atoms with Crippen LogP contribution in [0.15, 0.2) is 36.7 Å². The zero-order valence-corrected chi connectivity index (χ0v) is 11.9. The highest BCUT2D eigenvalue weighted by Crippen LogP contribution is 2.12. The molecular formula is C15H22N4. The molecule has 1 aromatic heterocycles. The number of anilines is 1. The number of nitrogens with one attached hydrogen (secondary N) is 1. The molecule has 4 heteroatoms. The third kappa shape index (κ3) is 4.10. The van der Waals surface area contributed by atoms with Crippen molar-refractivity contribution in [2.24, 2.45) is 7.05 Å². The molecule has 0 saturated carbocycles. The van der Waals surface area contributed by atoms with Gasteiger partial charge in [-0.2, -0.15) is 5.10 Å². The van der Waals surface area contributed by atoms with Crippen LogP contribution in [0.3, 0.4) is 0 Å². The second kappa shape index (κ2) is 6.38. The highest BCUT2D eigenvalue weighted by molar-refractivity contribution is 5.50. The smallest absolute Gasteiger partial charge is 0.0534 e. The van der Waals surface area contributed by atoms with Gasteiger partial charge in [0.1, 0.15) is 0 Å². The van der Waals surface area contributed by atoms with Crippen molar-refractivity contribution >= 4 is 5.69 Å². The zero-order chi connectivity index (χ0) is 13.7. The summed E-state index contributed by atoms with van der Waals surface area (Å²) in [7, 11) is 4.08. The van der Waals surface area contributed by atoms with Crippen molar-refractivity contribution in [3.63, 3.8) is 0 Å². The minimum Gasteiger partial charge on any atom is -0.384 e. The first kappa shape index (κ1) is 13.6. The number of para-hydroxylation sites is 1. The number of hydrogen-bond acceptors (Lipinski definition) is 3. The van der Waals surface area contributed by atoms with Crippen molar-refractivity contribution in [2.45, 2.75) is 13.5 Å². The molecule has 4 nitrogen and oxygen atoms in total. The van der Waals surface area contributed by atoms with Gasteiger partial charge in [0.05, 0.1) is 6.20 Å². The Kier molecular flexibility index (Phi) is 4.58. The van der Waals surface area contributed by atoms with Gasteiger partial charge < -0.3 is 10.2 Å². The van der Waals surface area contributed by atoms with Gasteiger partial charge in [0.2, 0.25) is 0 Å². The quantitative estimate of drug-likeness (QED) is 0.863. The molecule has 1 heterocycles. The van der Waals surface area contributed by atoms with Gasteiger partial charge in [0.15, 0.2) is 0 Å². The fraction of sp³-hybridized carbons (Fsp3) is 0.400. The third-order valence-electron chi connectivity index (χ3n) is 3.16. The van der Waals surface area contributed by atoms with Gasteiger partial charge in [-0.3, -0.25) is 4.68 Å². The number of nitrogens with zero attached hydrogens (tertiary/aromatic N) is 3. The van der Waals surface area contributed by atoms with Crippen molar-refractivity contribution in [2.75, 3.05) is 25.5 Å². The molecule has 0 saturated heterocycles. The molecule has 0 amide bonds. The van der Waals surface area contributed by atoms with E-state index in [1.807, 2.05) is 17.9 Å². The predicted octanol–water partition coefficient (Wildman–Crippen LogP) is 2.27. The number of rotatable bonds is 6. The molecule has 19 heavy (non-hydrogen) atoms. The topological polar surface area (TPSA) is 33.1 Å². The molecule has 0 bridgehead atoms. The van der Waals surface area contributed by atoms with Gasteiger partial charge in [-0.05, 0) is 25.6 Å². The first-order valence-electron chi connectivity index (χ1n) is 6.61. The Balaban J connectivity index is 1.75. The summed E-state index contributed by atoms with van der Waals surface area (Å²) in [5.41, 5.74) is 3.76. The fourth-order valence-electron chi connectivity index (χ4n) is 2.10. The molecule has 2 aromatic rings. The van der Waals surface area contributed by atoms with E-state index in [1.54, 1.807) is 0 Å². The van der Waals surface area contributed by atoms with Crippen LogP contribution in [0.25, 0.3) is 0 Å². The van der Waals surface area contributed by atoms with Gasteiger partial charge in [0.25, 0.3) is 0 Å². The first-order chi connectivity index (χ1) is 9.15. The highest BCUT2D eigenvalue weighted by Gasteiger charge is 2.02. The van der Waals surface area contributed by atoms with Crippen molar-refractivity contribution in [3.8, 4) is 0 Å². The van der Waals surface area contributed by atoms with Crippen molar-refractivity contribution < 1.29 is 0 Å². The summed E-state index contributed by atoms with van der Waals surface area (Å²) in [6.07, 6.45) is 3.98. The summed E-state index contributed by atoms with van der Waals surface area (Å²) >= 11 is 0. The molecule has 1 aromatic carbocycles. The maximum atomic E-state index is 4.18. The van der Waals surface area contributed by atoms with E-state index >= 15 is 0 Å². The number of likely N-dealkylation sites (N-methyl/N-ethyl adjacent to an activating group) is 1. The van der Waals surface area contributed by atoms with Crippen LogP contribution in [0.4, 0.5) is 5.69 Å². The predicted molar refractivity (Wildman–Crippen MR) is 79.2 cm³/mol. The maximum Gasteiger partial charge on any atom is 0.0534 e. The normalized spacial score (nSPS) is 10.9. The molecule has 0 radical (unpaired) electrons. The van der Waals surface area contributed by atoms with Crippen molar-refractivity contribution in [3.05, 3.63) is 47.8 Å². The summed E-state index contributed by atoms with van der Waals surface area (Å²) in [4.78, 5) is 2.29. The lowest BCUT2D eigenvalue weighted by Crippen LogP contribution is -2.24. The van der Waals surface area contributed by atoms with Crippen molar-refractivity contribution in [1.82, 2.24) is 14.7 Å². The number of aryl methyl sites for hydroxylation is 2. The van der Waals surface area contributed by atoms with Gasteiger partial charge >= 0.3 is 0 Å². The van der Waals surface area contributed by atoms with E-state index in [0.29, 0.717) is 0 Å². The summed E-state index contributed by atoms with van der Waals surface area (Å²) in [5, 5.41) is 7.66. The van der Waals surface area contributed by atoms with E-state index in [0.717, 1.165) is 19.6 Å². The van der Waals surface area contributed by atoms with Crippen LogP contribution in [0.1, 0.15) is 11.1 Å². The van der Waals surface area contributed by atoms with E-state index in [-0.39, 0.29) is 0 Å². The van der Waals surface area contributed by atoms with Crippen molar-refractivity contribution in [1.29, 1.82) is 0 Å². The monoisotopic (exact) mass is 258 g/mol. The van der Waals surface area contributed by atoms with E-state index in [4.69, 9.17) is 0 Å². The number of benzene rings is 1. The summed E-state index contributed by atoms with van der Waals surface area (Å²) in [5.74, 6) is 0. The summed E-state index contributed by atoms with van der Waals surface area (Å²) in [6.45, 7) is 5.01. The molecular weight excluding hydrogens is 236 g/mol. The lowest BCUT2D eigenvalue weighted by atomic mass is 10.2. The number of aromatic nitrogens is 2. The second-order valence-corrected chi connectivity index (χ2v) is 5.00. The van der Waals surface area contributed by atoms with Crippen LogP contribution in [0.5, 0.6) is 0 Å². The average molecular weight is 258 g/mol. The molecule has 0 aliphatic rings. The Morgan fingerprint density at radius 2 is 2.11 bits per heavy atom. The van der Waals surface area contributed by atoms with Gasteiger partial charge in [0, 0.05) is 44.1 Å². The lowest BCUT2D eigenvalue weighted by Gasteiger charge is -2.17. The van der Waals surface area contributed by atoms with Crippen LogP contribution in [0, 0.1) is 6.92 Å². The largest absolute Gasteiger partial charge is 0.384 e. The van der Waals surface area contributed by atoms with Crippen LogP contribution in [-0.2, 0) is 13.6 Å². The van der Waals surface area contributed by atoms with Gasteiger partial charge in [-0.1, -0.05) is 18.2 Å². The molecule has 0 atom stereocenters. The van der Waals surface area contributed by atoms with E-state index < -0.39 is 0 Å². The third-order valence-corrected chi connectivity index (χ3v) is 3.16. The van der Waals surface area contributed by atoms with Gasteiger partial charge in [-0.25, -0.2) is 0 Å². The Labute approximate surface area is 115 Å². The van der Waals surface area contributed by atoms with E-state index in [9.17, 15) is 0 Å². The molecule has 2 rings (SSSR count). The number of hydrogen-bond donors (Lipinski definition) is 1. The maximum absolute atomic E-state index is 4.18. The molecule has 102 valence electrons. The average Bonchev–Trinajstić information content (AvgIpc) is 2.77. The minimum absolute atomic E-state index is 0.934. The summed E-state index contributed by atoms with van der Waals surface area (Å²) < 4.78 is 1.84. The fourth-order valence-corrected chi connectivity index (χ4v) is 2.10. The Morgan fingerprint density at radius 3 is 2.79 bits per heavy atom. The second-order valence-electron chi connectivity index (χ2n) is 5.00. The van der Waals surface area contributed by atoms with Crippen LogP contribution in [0.2, 0.25) is 0 Å². The summed E-state index contributed by atoms with van der Waals surface area (Å²) in [6, 6.07) is 8.38. The van der Waals surface area contributed by atoms with Crippen LogP contribution < -0.4 is 5.32 Å². The highest BCUT2D eigenvalue weighted by atomic mass is 15.2. The Morgan fingerprint density at radius 1 is 1.32 bits per heavy atom. The molecule has 1 N–H and O–H groups in total. The molecule has 0 spiro atoms.